The summed E-state index contributed by atoms with van der Waals surface area (Å²) in [5.41, 5.74) is 0.733. The molecule has 0 aliphatic carbocycles. The molecule has 0 saturated carbocycles. The van der Waals surface area contributed by atoms with Crippen molar-refractivity contribution < 1.29 is 9.52 Å². The van der Waals surface area contributed by atoms with Gasteiger partial charge in [0.1, 0.15) is 0 Å². The zero-order chi connectivity index (χ0) is 14.4. The highest BCUT2D eigenvalue weighted by Crippen LogP contribution is 2.16. The Morgan fingerprint density at radius 3 is 2.65 bits per heavy atom. The standard InChI is InChI=1S/C15H14BrNO2S/c16-13-8-6-12(7-9-13)14(18)4-3-11-20-15-5-1-2-10-17(15)19/h1-2,5-10H,3-4,11H2. The molecule has 104 valence electrons. The number of aromatic nitrogens is 1. The van der Waals surface area contributed by atoms with Crippen molar-refractivity contribution in [2.75, 3.05) is 5.75 Å². The summed E-state index contributed by atoms with van der Waals surface area (Å²) in [5.74, 6) is 0.898. The molecular weight excluding hydrogens is 338 g/mol. The van der Waals surface area contributed by atoms with E-state index in [-0.39, 0.29) is 5.78 Å². The third-order valence-corrected chi connectivity index (χ3v) is 4.39. The van der Waals surface area contributed by atoms with Crippen LogP contribution in [-0.2, 0) is 0 Å². The van der Waals surface area contributed by atoms with Gasteiger partial charge in [-0.1, -0.05) is 39.8 Å². The minimum Gasteiger partial charge on any atom is -0.618 e. The lowest BCUT2D eigenvalue weighted by molar-refractivity contribution is -0.645. The van der Waals surface area contributed by atoms with E-state index in [2.05, 4.69) is 15.9 Å². The predicted octanol–water partition coefficient (Wildman–Crippen LogP) is 3.84. The number of Topliss-reactive ketones (excluding diaryl/α,β-unsaturated/α-hetero) is 1. The molecule has 3 nitrogen and oxygen atoms in total. The van der Waals surface area contributed by atoms with Crippen molar-refractivity contribution in [3.63, 3.8) is 0 Å². The summed E-state index contributed by atoms with van der Waals surface area (Å²) >= 11 is 4.82. The molecular formula is C15H14BrNO2S. The smallest absolute Gasteiger partial charge is 0.251 e. The van der Waals surface area contributed by atoms with E-state index in [0.29, 0.717) is 11.4 Å². The van der Waals surface area contributed by atoms with Crippen molar-refractivity contribution >= 4 is 33.5 Å². The van der Waals surface area contributed by atoms with E-state index in [1.807, 2.05) is 30.3 Å². The van der Waals surface area contributed by atoms with Crippen LogP contribution in [0, 0.1) is 5.21 Å². The first-order chi connectivity index (χ1) is 9.66. The molecule has 2 aromatic rings. The third kappa shape index (κ3) is 4.35. The van der Waals surface area contributed by atoms with Gasteiger partial charge in [0.2, 0.25) is 0 Å². The van der Waals surface area contributed by atoms with Gasteiger partial charge in [0, 0.05) is 34.3 Å². The average Bonchev–Trinajstić information content (AvgIpc) is 2.46. The van der Waals surface area contributed by atoms with Crippen LogP contribution in [0.15, 0.2) is 58.2 Å². The molecule has 0 amide bonds. The molecule has 0 radical (unpaired) electrons. The van der Waals surface area contributed by atoms with Crippen LogP contribution >= 0.6 is 27.7 Å². The fourth-order valence-electron chi connectivity index (χ4n) is 1.71. The van der Waals surface area contributed by atoms with Gasteiger partial charge in [0.25, 0.3) is 5.03 Å². The maximum atomic E-state index is 11.9. The Morgan fingerprint density at radius 2 is 1.95 bits per heavy atom. The summed E-state index contributed by atoms with van der Waals surface area (Å²) in [6.45, 7) is 0. The fourth-order valence-corrected chi connectivity index (χ4v) is 2.84. The van der Waals surface area contributed by atoms with E-state index in [1.54, 1.807) is 12.1 Å². The Hall–Kier alpha value is -1.33. The van der Waals surface area contributed by atoms with Crippen LogP contribution < -0.4 is 4.73 Å². The summed E-state index contributed by atoms with van der Waals surface area (Å²) in [5, 5.41) is 12.1. The third-order valence-electron chi connectivity index (χ3n) is 2.75. The van der Waals surface area contributed by atoms with Crippen LogP contribution in [-0.4, -0.2) is 11.5 Å². The highest BCUT2D eigenvalue weighted by Gasteiger charge is 2.07. The monoisotopic (exact) mass is 351 g/mol. The molecule has 1 heterocycles. The molecule has 0 bridgehead atoms. The van der Waals surface area contributed by atoms with Crippen LogP contribution in [0.2, 0.25) is 0 Å². The summed E-state index contributed by atoms with van der Waals surface area (Å²) in [6.07, 6.45) is 2.74. The molecule has 20 heavy (non-hydrogen) atoms. The van der Waals surface area contributed by atoms with E-state index in [4.69, 9.17) is 0 Å². The molecule has 2 rings (SSSR count). The quantitative estimate of drug-likeness (QED) is 0.261. The Morgan fingerprint density at radius 1 is 1.20 bits per heavy atom. The van der Waals surface area contributed by atoms with Crippen molar-refractivity contribution in [2.24, 2.45) is 0 Å². The van der Waals surface area contributed by atoms with E-state index < -0.39 is 0 Å². The molecule has 0 N–H and O–H groups in total. The number of carbonyl (C=O) groups excluding carboxylic acids is 1. The van der Waals surface area contributed by atoms with E-state index >= 15 is 0 Å². The molecule has 0 atom stereocenters. The minimum atomic E-state index is 0.140. The second kappa shape index (κ2) is 7.45. The van der Waals surface area contributed by atoms with Crippen molar-refractivity contribution in [3.05, 3.63) is 63.9 Å². The zero-order valence-corrected chi connectivity index (χ0v) is 13.2. The number of thioether (sulfide) groups is 1. The summed E-state index contributed by atoms with van der Waals surface area (Å²) in [7, 11) is 0. The number of hydrogen-bond acceptors (Lipinski definition) is 3. The maximum Gasteiger partial charge on any atom is 0.251 e. The Bertz CT molecular complexity index is 587. The van der Waals surface area contributed by atoms with Crippen LogP contribution in [0.1, 0.15) is 23.2 Å². The van der Waals surface area contributed by atoms with Gasteiger partial charge in [-0.2, -0.15) is 4.73 Å². The van der Waals surface area contributed by atoms with Crippen LogP contribution in [0.4, 0.5) is 0 Å². The summed E-state index contributed by atoms with van der Waals surface area (Å²) in [6, 6.07) is 12.7. The molecule has 0 saturated heterocycles. The summed E-state index contributed by atoms with van der Waals surface area (Å²) in [4.78, 5) is 11.9. The number of nitrogens with zero attached hydrogens (tertiary/aromatic N) is 1. The minimum absolute atomic E-state index is 0.140. The molecule has 0 aliphatic heterocycles. The van der Waals surface area contributed by atoms with Gasteiger partial charge >= 0.3 is 0 Å². The molecule has 0 unspecified atom stereocenters. The Kier molecular flexibility index (Phi) is 5.61. The number of ketones is 1. The van der Waals surface area contributed by atoms with Crippen molar-refractivity contribution in [2.45, 2.75) is 17.9 Å². The first kappa shape index (κ1) is 15.1. The predicted molar refractivity (Wildman–Crippen MR) is 83.8 cm³/mol. The molecule has 1 aromatic heterocycles. The average molecular weight is 352 g/mol. The zero-order valence-electron chi connectivity index (χ0n) is 10.8. The lowest BCUT2D eigenvalue weighted by Gasteiger charge is -2.03. The number of hydrogen-bond donors (Lipinski definition) is 0. The van der Waals surface area contributed by atoms with Crippen LogP contribution in [0.3, 0.4) is 0 Å². The molecule has 0 aliphatic rings. The largest absolute Gasteiger partial charge is 0.618 e. The Balaban J connectivity index is 1.77. The second-order valence-electron chi connectivity index (χ2n) is 4.25. The van der Waals surface area contributed by atoms with Crippen LogP contribution in [0.25, 0.3) is 0 Å². The van der Waals surface area contributed by atoms with Crippen LogP contribution in [0.5, 0.6) is 0 Å². The number of halogens is 1. The SMILES string of the molecule is O=C(CCCSc1cccc[n+]1[O-])c1ccc(Br)cc1. The lowest BCUT2D eigenvalue weighted by atomic mass is 10.1. The van der Waals surface area contributed by atoms with Crippen molar-refractivity contribution in [3.8, 4) is 0 Å². The number of benzene rings is 1. The highest BCUT2D eigenvalue weighted by atomic mass is 79.9. The molecule has 5 heteroatoms. The number of rotatable bonds is 6. The van der Waals surface area contributed by atoms with Crippen molar-refractivity contribution in [1.29, 1.82) is 0 Å². The van der Waals surface area contributed by atoms with E-state index in [0.717, 1.165) is 26.9 Å². The van der Waals surface area contributed by atoms with Gasteiger partial charge in [-0.05, 0) is 24.6 Å². The van der Waals surface area contributed by atoms with Gasteiger partial charge in [-0.15, -0.1) is 0 Å². The molecule has 0 spiro atoms. The van der Waals surface area contributed by atoms with Crippen molar-refractivity contribution in [1.82, 2.24) is 0 Å². The van der Waals surface area contributed by atoms with Gasteiger partial charge in [-0.25, -0.2) is 0 Å². The number of carbonyl (C=O) groups is 1. The first-order valence-electron chi connectivity index (χ1n) is 6.26. The van der Waals surface area contributed by atoms with E-state index in [1.165, 1.54) is 18.0 Å². The van der Waals surface area contributed by atoms with Gasteiger partial charge in [0.15, 0.2) is 12.0 Å². The lowest BCUT2D eigenvalue weighted by Crippen LogP contribution is -2.27. The maximum absolute atomic E-state index is 11.9. The fraction of sp³-hybridized carbons (Fsp3) is 0.200. The van der Waals surface area contributed by atoms with Gasteiger partial charge < -0.3 is 5.21 Å². The highest BCUT2D eigenvalue weighted by molar-refractivity contribution is 9.10. The van der Waals surface area contributed by atoms with Gasteiger partial charge in [-0.3, -0.25) is 4.79 Å². The van der Waals surface area contributed by atoms with E-state index in [9.17, 15) is 10.0 Å². The number of pyridine rings is 1. The molecule has 0 fully saturated rings. The topological polar surface area (TPSA) is 44.0 Å². The Labute approximate surface area is 130 Å². The first-order valence-corrected chi connectivity index (χ1v) is 8.04. The molecule has 1 aromatic carbocycles. The van der Waals surface area contributed by atoms with Gasteiger partial charge in [0.05, 0.1) is 0 Å². The summed E-state index contributed by atoms with van der Waals surface area (Å²) < 4.78 is 1.81. The normalized spacial score (nSPS) is 10.4. The second-order valence-corrected chi connectivity index (χ2v) is 6.28.